The Labute approximate surface area is 293 Å². The SMILES string of the molecule is Cc1ccnc(-n2c3[c-]c(Oc4[c-]c(N5[CH-]N(c6ccccc6F)c6ccccc65)cc(C5CCC5)c4)ccc3c3ccccc32)c1.[Pt]. The Balaban J connectivity index is 0.00000336. The van der Waals surface area contributed by atoms with Crippen LogP contribution in [0.4, 0.5) is 27.1 Å². The fraction of sp³-hybridized carbons (Fsp3) is 0.122. The van der Waals surface area contributed by atoms with E-state index in [4.69, 9.17) is 9.72 Å². The fourth-order valence-electron chi connectivity index (χ4n) is 6.79. The molecule has 1 aliphatic heterocycles. The van der Waals surface area contributed by atoms with Gasteiger partial charge >= 0.3 is 0 Å². The van der Waals surface area contributed by atoms with Crippen molar-refractivity contribution >= 4 is 44.6 Å². The molecule has 5 nitrogen and oxygen atoms in total. The van der Waals surface area contributed by atoms with Crippen LogP contribution in [0.15, 0.2) is 115 Å². The van der Waals surface area contributed by atoms with Crippen molar-refractivity contribution in [2.45, 2.75) is 32.1 Å². The van der Waals surface area contributed by atoms with Gasteiger partial charge in [-0.1, -0.05) is 54.4 Å². The first-order valence-electron chi connectivity index (χ1n) is 16.0. The molecule has 48 heavy (non-hydrogen) atoms. The van der Waals surface area contributed by atoms with Crippen LogP contribution in [-0.2, 0) is 21.1 Å². The molecule has 1 aliphatic carbocycles. The Morgan fingerprint density at radius 3 is 2.29 bits per heavy atom. The molecule has 1 saturated carbocycles. The van der Waals surface area contributed by atoms with Crippen LogP contribution in [0.25, 0.3) is 27.6 Å². The van der Waals surface area contributed by atoms with E-state index in [0.29, 0.717) is 23.1 Å². The molecule has 0 amide bonds. The molecule has 9 rings (SSSR count). The summed E-state index contributed by atoms with van der Waals surface area (Å²) in [5.74, 6) is 2.24. The summed E-state index contributed by atoms with van der Waals surface area (Å²) in [5, 5.41) is 2.22. The number of halogens is 1. The van der Waals surface area contributed by atoms with Gasteiger partial charge in [0, 0.05) is 61.3 Å². The molecule has 0 atom stereocenters. The smallest absolute Gasteiger partial charge is 0.144 e. The van der Waals surface area contributed by atoms with Gasteiger partial charge in [0.25, 0.3) is 0 Å². The first-order valence-corrected chi connectivity index (χ1v) is 16.0. The van der Waals surface area contributed by atoms with Gasteiger partial charge in [-0.2, -0.15) is 6.07 Å². The Kier molecular flexibility index (Phi) is 7.77. The minimum Gasteiger partial charge on any atom is -0.509 e. The predicted octanol–water partition coefficient (Wildman–Crippen LogP) is 10.7. The third-order valence-corrected chi connectivity index (χ3v) is 9.34. The van der Waals surface area contributed by atoms with Gasteiger partial charge in [0.15, 0.2) is 0 Å². The second-order valence-corrected chi connectivity index (χ2v) is 12.3. The minimum absolute atomic E-state index is 0. The molecule has 1 fully saturated rings. The number of aromatic nitrogens is 2. The molecular formula is C41H30FN4OPt-3. The average molecular weight is 809 g/mol. The molecule has 5 aromatic carbocycles. The molecule has 240 valence electrons. The molecule has 3 heterocycles. The van der Waals surface area contributed by atoms with Crippen molar-refractivity contribution in [3.05, 3.63) is 151 Å². The number of rotatable bonds is 6. The summed E-state index contributed by atoms with van der Waals surface area (Å²) in [6, 6.07) is 42.9. The van der Waals surface area contributed by atoms with Gasteiger partial charge in [-0.15, -0.1) is 53.6 Å². The van der Waals surface area contributed by atoms with Crippen molar-refractivity contribution in [3.63, 3.8) is 0 Å². The van der Waals surface area contributed by atoms with E-state index in [1.807, 2.05) is 60.2 Å². The van der Waals surface area contributed by atoms with Gasteiger partial charge in [0.2, 0.25) is 0 Å². The second-order valence-electron chi connectivity index (χ2n) is 12.3. The number of pyridine rings is 1. The van der Waals surface area contributed by atoms with Crippen molar-refractivity contribution in [2.75, 3.05) is 9.80 Å². The summed E-state index contributed by atoms with van der Waals surface area (Å²) in [7, 11) is 0. The Bertz CT molecular complexity index is 2310. The van der Waals surface area contributed by atoms with Crippen molar-refractivity contribution in [3.8, 4) is 17.3 Å². The quantitative estimate of drug-likeness (QED) is 0.157. The zero-order chi connectivity index (χ0) is 31.5. The van der Waals surface area contributed by atoms with Gasteiger partial charge in [-0.25, -0.2) is 9.37 Å². The van der Waals surface area contributed by atoms with Crippen LogP contribution in [0.2, 0.25) is 0 Å². The van der Waals surface area contributed by atoms with Crippen molar-refractivity contribution in [1.82, 2.24) is 9.55 Å². The third-order valence-electron chi connectivity index (χ3n) is 9.34. The van der Waals surface area contributed by atoms with E-state index < -0.39 is 0 Å². The molecular weight excluding hydrogens is 779 g/mol. The summed E-state index contributed by atoms with van der Waals surface area (Å²) < 4.78 is 23.8. The molecule has 0 bridgehead atoms. The van der Waals surface area contributed by atoms with E-state index in [2.05, 4.69) is 77.1 Å². The van der Waals surface area contributed by atoms with Crippen molar-refractivity contribution in [2.24, 2.45) is 0 Å². The van der Waals surface area contributed by atoms with Gasteiger partial charge in [-0.05, 0) is 79.1 Å². The molecule has 0 saturated heterocycles. The summed E-state index contributed by atoms with van der Waals surface area (Å²) >= 11 is 0. The zero-order valence-electron chi connectivity index (χ0n) is 26.1. The average Bonchev–Trinajstić information content (AvgIpc) is 3.60. The molecule has 2 aromatic heterocycles. The number of fused-ring (bicyclic) bond motifs is 4. The molecule has 0 radical (unpaired) electrons. The third kappa shape index (κ3) is 5.16. The van der Waals surface area contributed by atoms with E-state index in [1.54, 1.807) is 12.1 Å². The zero-order valence-corrected chi connectivity index (χ0v) is 28.4. The van der Waals surface area contributed by atoms with Crippen LogP contribution < -0.4 is 14.5 Å². The number of anilines is 4. The maximum Gasteiger partial charge on any atom is 0.144 e. The van der Waals surface area contributed by atoms with Crippen molar-refractivity contribution < 1.29 is 30.2 Å². The van der Waals surface area contributed by atoms with Crippen LogP contribution in [0, 0.1) is 31.5 Å². The van der Waals surface area contributed by atoms with Gasteiger partial charge in [-0.3, -0.25) is 0 Å². The number of aryl methyl sites for hydroxylation is 1. The van der Waals surface area contributed by atoms with Crippen LogP contribution in [0.1, 0.15) is 36.3 Å². The van der Waals surface area contributed by atoms with Gasteiger partial charge in [0.1, 0.15) is 11.6 Å². The van der Waals surface area contributed by atoms with E-state index >= 15 is 4.39 Å². The number of hydrogen-bond acceptors (Lipinski definition) is 4. The number of hydrogen-bond donors (Lipinski definition) is 0. The van der Waals surface area contributed by atoms with Gasteiger partial charge in [0.05, 0.1) is 0 Å². The Morgan fingerprint density at radius 1 is 0.771 bits per heavy atom. The maximum atomic E-state index is 15.0. The fourth-order valence-corrected chi connectivity index (χ4v) is 6.79. The monoisotopic (exact) mass is 808 g/mol. The van der Waals surface area contributed by atoms with Crippen LogP contribution in [0.3, 0.4) is 0 Å². The number of nitrogens with zero attached hydrogens (tertiary/aromatic N) is 4. The minimum atomic E-state index is -0.277. The van der Waals surface area contributed by atoms with Crippen LogP contribution >= 0.6 is 0 Å². The van der Waals surface area contributed by atoms with Gasteiger partial charge < -0.3 is 19.1 Å². The first-order chi connectivity index (χ1) is 23.1. The summed E-state index contributed by atoms with van der Waals surface area (Å²) in [6.45, 7) is 4.01. The van der Waals surface area contributed by atoms with Crippen molar-refractivity contribution in [1.29, 1.82) is 0 Å². The summed E-state index contributed by atoms with van der Waals surface area (Å²) in [4.78, 5) is 8.68. The molecule has 0 spiro atoms. The topological polar surface area (TPSA) is 33.5 Å². The normalized spacial score (nSPS) is 14.2. The number of ether oxygens (including phenoxy) is 1. The van der Waals surface area contributed by atoms with E-state index in [1.165, 1.54) is 18.1 Å². The van der Waals surface area contributed by atoms with E-state index in [-0.39, 0.29) is 26.9 Å². The van der Waals surface area contributed by atoms with Crippen LogP contribution in [-0.4, -0.2) is 9.55 Å². The summed E-state index contributed by atoms with van der Waals surface area (Å²) in [5.41, 5.74) is 7.51. The summed E-state index contributed by atoms with van der Waals surface area (Å²) in [6.07, 6.45) is 5.35. The number of benzene rings is 5. The molecule has 7 aromatic rings. The molecule has 0 unspecified atom stereocenters. The largest absolute Gasteiger partial charge is 0.509 e. The predicted molar refractivity (Wildman–Crippen MR) is 186 cm³/mol. The maximum absolute atomic E-state index is 15.0. The Morgan fingerprint density at radius 2 is 1.52 bits per heavy atom. The van der Waals surface area contributed by atoms with E-state index in [0.717, 1.165) is 63.1 Å². The molecule has 0 N–H and O–H groups in total. The molecule has 2 aliphatic rings. The molecule has 7 heteroatoms. The first kappa shape index (κ1) is 30.4. The number of para-hydroxylation sites is 4. The van der Waals surface area contributed by atoms with Crippen LogP contribution in [0.5, 0.6) is 11.5 Å². The standard InChI is InChI=1S/C41H30FN4O.Pt/c1-27-19-20-43-41(21-27)46-36-13-4-2-11-33(36)34-18-17-31(25-40(34)46)47-32-23-29(28-9-8-10-28)22-30(24-32)44-26-45(37-14-5-3-12-35(37)42)39-16-7-6-15-38(39)44;/h2-7,11-23,26,28H,8-10H2,1H3;/q-3;. The Hall–Kier alpha value is -4.93. The van der Waals surface area contributed by atoms with E-state index in [9.17, 15) is 0 Å². The second kappa shape index (κ2) is 12.3.